The van der Waals surface area contributed by atoms with Crippen LogP contribution in [-0.4, -0.2) is 38.8 Å². The van der Waals surface area contributed by atoms with Crippen molar-refractivity contribution in [1.82, 2.24) is 19.9 Å². The molecule has 1 saturated heterocycles. The van der Waals surface area contributed by atoms with Crippen LogP contribution in [0, 0.1) is 12.7 Å². The molecular formula is C19H17FN4O. The third kappa shape index (κ3) is 2.91. The number of hydrogen-bond donors (Lipinski definition) is 1. The predicted octanol–water partition coefficient (Wildman–Crippen LogP) is 3.16. The van der Waals surface area contributed by atoms with Gasteiger partial charge < -0.3 is 9.88 Å². The second kappa shape index (κ2) is 6.12. The molecule has 1 aliphatic rings. The fourth-order valence-electron chi connectivity index (χ4n) is 3.05. The molecule has 1 N–H and O–H groups in total. The number of nitrogens with zero attached hydrogens (tertiary/aromatic N) is 3. The van der Waals surface area contributed by atoms with Gasteiger partial charge in [0.1, 0.15) is 17.3 Å². The van der Waals surface area contributed by atoms with E-state index in [4.69, 9.17) is 0 Å². The van der Waals surface area contributed by atoms with Crippen LogP contribution in [0.2, 0.25) is 0 Å². The van der Waals surface area contributed by atoms with Gasteiger partial charge in [0.05, 0.1) is 0 Å². The van der Waals surface area contributed by atoms with Gasteiger partial charge in [-0.25, -0.2) is 9.37 Å². The summed E-state index contributed by atoms with van der Waals surface area (Å²) in [7, 11) is 0. The van der Waals surface area contributed by atoms with Crippen LogP contribution in [0.15, 0.2) is 48.8 Å². The molecule has 0 radical (unpaired) electrons. The van der Waals surface area contributed by atoms with Crippen molar-refractivity contribution >= 4 is 5.91 Å². The number of benzene rings is 1. The number of nitrogens with one attached hydrogen (secondary N) is 1. The first-order chi connectivity index (χ1) is 12.1. The van der Waals surface area contributed by atoms with Crippen molar-refractivity contribution in [2.24, 2.45) is 0 Å². The average Bonchev–Trinajstić information content (AvgIpc) is 2.97. The zero-order valence-electron chi connectivity index (χ0n) is 13.7. The molecule has 0 atom stereocenters. The maximum absolute atomic E-state index is 13.1. The number of aryl methyl sites for hydroxylation is 1. The minimum atomic E-state index is -0.300. The van der Waals surface area contributed by atoms with E-state index in [1.54, 1.807) is 29.4 Å². The maximum Gasteiger partial charge on any atom is 0.274 e. The van der Waals surface area contributed by atoms with E-state index in [0.717, 1.165) is 11.3 Å². The van der Waals surface area contributed by atoms with E-state index in [1.807, 2.05) is 19.1 Å². The van der Waals surface area contributed by atoms with Crippen molar-refractivity contribution in [3.63, 3.8) is 0 Å². The normalized spacial score (nSPS) is 14.4. The minimum Gasteiger partial charge on any atom is -0.341 e. The quantitative estimate of drug-likeness (QED) is 0.799. The second-order valence-corrected chi connectivity index (χ2v) is 6.25. The molecule has 0 spiro atoms. The lowest BCUT2D eigenvalue weighted by Gasteiger charge is -2.39. The van der Waals surface area contributed by atoms with Gasteiger partial charge in [0.2, 0.25) is 0 Å². The largest absolute Gasteiger partial charge is 0.341 e. The minimum absolute atomic E-state index is 0.0765. The lowest BCUT2D eigenvalue weighted by Crippen LogP contribution is -2.48. The summed E-state index contributed by atoms with van der Waals surface area (Å²) >= 11 is 0. The van der Waals surface area contributed by atoms with E-state index in [2.05, 4.69) is 15.0 Å². The Morgan fingerprint density at radius 1 is 1.16 bits per heavy atom. The van der Waals surface area contributed by atoms with Crippen molar-refractivity contribution < 1.29 is 9.18 Å². The van der Waals surface area contributed by atoms with Gasteiger partial charge >= 0.3 is 0 Å². The lowest BCUT2D eigenvalue weighted by molar-refractivity contribution is 0.0596. The summed E-state index contributed by atoms with van der Waals surface area (Å²) in [5.41, 5.74) is 3.09. The highest BCUT2D eigenvalue weighted by Gasteiger charge is 2.34. The predicted molar refractivity (Wildman–Crippen MR) is 91.6 cm³/mol. The number of halogens is 1. The van der Waals surface area contributed by atoms with E-state index in [-0.39, 0.29) is 11.7 Å². The summed E-state index contributed by atoms with van der Waals surface area (Å²) in [5.74, 6) is 0.549. The zero-order chi connectivity index (χ0) is 17.4. The van der Waals surface area contributed by atoms with E-state index in [9.17, 15) is 9.18 Å². The number of imidazole rings is 1. The van der Waals surface area contributed by atoms with Crippen LogP contribution >= 0.6 is 0 Å². The Bertz CT molecular complexity index is 899. The van der Waals surface area contributed by atoms with Gasteiger partial charge in [-0.05, 0) is 48.9 Å². The second-order valence-electron chi connectivity index (χ2n) is 6.25. The van der Waals surface area contributed by atoms with Gasteiger partial charge in [0, 0.05) is 42.7 Å². The number of likely N-dealkylation sites (tertiary alicyclic amines) is 1. The van der Waals surface area contributed by atoms with Crippen LogP contribution in [0.25, 0.3) is 11.4 Å². The van der Waals surface area contributed by atoms with Crippen molar-refractivity contribution in [1.29, 1.82) is 0 Å². The summed E-state index contributed by atoms with van der Waals surface area (Å²) in [6.45, 7) is 3.19. The molecule has 126 valence electrons. The van der Waals surface area contributed by atoms with Crippen LogP contribution in [0.4, 0.5) is 4.39 Å². The number of rotatable bonds is 3. The highest BCUT2D eigenvalue weighted by atomic mass is 19.1. The standard InChI is InChI=1S/C19H17FN4O/c1-12-17(23-18(22-12)14-2-4-16(20)5-3-14)19(25)24-10-15(11-24)13-6-8-21-9-7-13/h2-9,15H,10-11H2,1H3,(H,22,23). The molecule has 1 amide bonds. The van der Waals surface area contributed by atoms with Crippen molar-refractivity contribution in [3.05, 3.63) is 71.6 Å². The third-order valence-corrected chi connectivity index (χ3v) is 4.55. The molecule has 3 aromatic rings. The number of aromatic nitrogens is 3. The smallest absolute Gasteiger partial charge is 0.274 e. The molecule has 5 nitrogen and oxygen atoms in total. The molecule has 6 heteroatoms. The molecule has 4 rings (SSSR count). The van der Waals surface area contributed by atoms with Gasteiger partial charge in [-0.3, -0.25) is 9.78 Å². The third-order valence-electron chi connectivity index (χ3n) is 4.55. The highest BCUT2D eigenvalue weighted by Crippen LogP contribution is 2.28. The van der Waals surface area contributed by atoms with Crippen LogP contribution in [0.1, 0.15) is 27.7 Å². The first kappa shape index (κ1) is 15.5. The van der Waals surface area contributed by atoms with Crippen molar-refractivity contribution in [2.45, 2.75) is 12.8 Å². The molecule has 3 heterocycles. The van der Waals surface area contributed by atoms with Gasteiger partial charge in [-0.15, -0.1) is 0 Å². The number of aromatic amines is 1. The molecule has 0 unspecified atom stereocenters. The summed E-state index contributed by atoms with van der Waals surface area (Å²) in [4.78, 5) is 26.1. The number of carbonyl (C=O) groups is 1. The van der Waals surface area contributed by atoms with Gasteiger partial charge in [0.25, 0.3) is 5.91 Å². The molecule has 2 aromatic heterocycles. The van der Waals surface area contributed by atoms with E-state index in [0.29, 0.717) is 30.5 Å². The Balaban J connectivity index is 1.49. The molecule has 1 fully saturated rings. The van der Waals surface area contributed by atoms with E-state index in [1.165, 1.54) is 17.7 Å². The Morgan fingerprint density at radius 2 is 1.84 bits per heavy atom. The molecule has 1 aromatic carbocycles. The van der Waals surface area contributed by atoms with Gasteiger partial charge in [-0.1, -0.05) is 0 Å². The summed E-state index contributed by atoms with van der Waals surface area (Å²) in [5, 5.41) is 0. The zero-order valence-corrected chi connectivity index (χ0v) is 13.7. The average molecular weight is 336 g/mol. The van der Waals surface area contributed by atoms with Gasteiger partial charge in [0.15, 0.2) is 0 Å². The molecule has 0 saturated carbocycles. The van der Waals surface area contributed by atoms with Crippen LogP contribution < -0.4 is 0 Å². The monoisotopic (exact) mass is 336 g/mol. The Morgan fingerprint density at radius 3 is 2.52 bits per heavy atom. The summed E-state index contributed by atoms with van der Waals surface area (Å²) in [6.07, 6.45) is 3.54. The first-order valence-corrected chi connectivity index (χ1v) is 8.13. The van der Waals surface area contributed by atoms with Crippen LogP contribution in [0.3, 0.4) is 0 Å². The summed E-state index contributed by atoms with van der Waals surface area (Å²) < 4.78 is 13.1. The van der Waals surface area contributed by atoms with Crippen molar-refractivity contribution in [3.8, 4) is 11.4 Å². The fraction of sp³-hybridized carbons (Fsp3) is 0.211. The Hall–Kier alpha value is -3.02. The number of hydrogen-bond acceptors (Lipinski definition) is 3. The molecule has 0 aliphatic carbocycles. The van der Waals surface area contributed by atoms with Gasteiger partial charge in [-0.2, -0.15) is 0 Å². The Labute approximate surface area is 144 Å². The molecular weight excluding hydrogens is 319 g/mol. The number of carbonyl (C=O) groups excluding carboxylic acids is 1. The lowest BCUT2D eigenvalue weighted by atomic mass is 9.92. The fourth-order valence-corrected chi connectivity index (χ4v) is 3.05. The van der Waals surface area contributed by atoms with E-state index < -0.39 is 0 Å². The van der Waals surface area contributed by atoms with Crippen LogP contribution in [0.5, 0.6) is 0 Å². The molecule has 0 bridgehead atoms. The van der Waals surface area contributed by atoms with Crippen molar-refractivity contribution in [2.75, 3.05) is 13.1 Å². The SMILES string of the molecule is Cc1[nH]c(-c2ccc(F)cc2)nc1C(=O)N1CC(c2ccncc2)C1. The first-order valence-electron chi connectivity index (χ1n) is 8.13. The number of H-pyrrole nitrogens is 1. The highest BCUT2D eigenvalue weighted by molar-refractivity contribution is 5.94. The topological polar surface area (TPSA) is 61.9 Å². The molecule has 25 heavy (non-hydrogen) atoms. The van der Waals surface area contributed by atoms with E-state index >= 15 is 0 Å². The Kier molecular flexibility index (Phi) is 3.80. The number of pyridine rings is 1. The maximum atomic E-state index is 13.1. The number of amides is 1. The summed E-state index contributed by atoms with van der Waals surface area (Å²) in [6, 6.07) is 10.0. The van der Waals surface area contributed by atoms with Crippen LogP contribution in [-0.2, 0) is 0 Å². The molecule has 1 aliphatic heterocycles.